The van der Waals surface area contributed by atoms with Crippen molar-refractivity contribution in [1.29, 1.82) is 0 Å². The van der Waals surface area contributed by atoms with Gasteiger partial charge in [-0.05, 0) is 56.7 Å². The van der Waals surface area contributed by atoms with Crippen molar-refractivity contribution < 1.29 is 4.74 Å². The molecule has 0 amide bonds. The monoisotopic (exact) mass is 358 g/mol. The van der Waals surface area contributed by atoms with Gasteiger partial charge in [-0.25, -0.2) is 4.99 Å². The maximum absolute atomic E-state index is 5.77. The predicted octanol–water partition coefficient (Wildman–Crippen LogP) is 3.04. The summed E-state index contributed by atoms with van der Waals surface area (Å²) in [6.45, 7) is 9.87. The molecule has 1 saturated heterocycles. The lowest BCUT2D eigenvalue weighted by molar-refractivity contribution is 0.0263. The highest BCUT2D eigenvalue weighted by Crippen LogP contribution is 2.27. The molecule has 0 aromatic heterocycles. The van der Waals surface area contributed by atoms with Gasteiger partial charge < -0.3 is 19.9 Å². The van der Waals surface area contributed by atoms with Crippen LogP contribution in [0.1, 0.15) is 44.2 Å². The summed E-state index contributed by atoms with van der Waals surface area (Å²) in [5, 5.41) is 3.47. The summed E-state index contributed by atoms with van der Waals surface area (Å²) >= 11 is 0. The highest BCUT2D eigenvalue weighted by molar-refractivity contribution is 5.80. The van der Waals surface area contributed by atoms with Crippen LogP contribution in [0.3, 0.4) is 0 Å². The molecule has 1 fully saturated rings. The van der Waals surface area contributed by atoms with Crippen LogP contribution in [0.15, 0.2) is 23.2 Å². The number of ether oxygens (including phenoxy) is 1. The van der Waals surface area contributed by atoms with Crippen molar-refractivity contribution in [2.75, 3.05) is 44.7 Å². The number of nitrogens with zero attached hydrogens (tertiary/aromatic N) is 3. The van der Waals surface area contributed by atoms with Crippen LogP contribution in [0.5, 0.6) is 0 Å². The van der Waals surface area contributed by atoms with Crippen LogP contribution >= 0.6 is 0 Å². The number of benzene rings is 1. The maximum Gasteiger partial charge on any atom is 0.194 e. The maximum atomic E-state index is 5.77. The number of aliphatic imine (C=N–C) groups is 1. The summed E-state index contributed by atoms with van der Waals surface area (Å²) in [6.07, 6.45) is 5.01. The quantitative estimate of drug-likeness (QED) is 0.649. The summed E-state index contributed by atoms with van der Waals surface area (Å²) in [4.78, 5) is 9.66. The lowest BCUT2D eigenvalue weighted by Crippen LogP contribution is -2.47. The van der Waals surface area contributed by atoms with Crippen molar-refractivity contribution in [3.05, 3.63) is 29.3 Å². The Kier molecular flexibility index (Phi) is 6.78. The third kappa shape index (κ3) is 4.70. The van der Waals surface area contributed by atoms with E-state index in [1.54, 1.807) is 0 Å². The molecular formula is C21H34N4O. The number of aryl methyl sites for hydroxylation is 1. The fourth-order valence-corrected chi connectivity index (χ4v) is 4.00. The molecule has 5 heteroatoms. The minimum absolute atomic E-state index is 0.414. The summed E-state index contributed by atoms with van der Waals surface area (Å²) in [7, 11) is 2.19. The van der Waals surface area contributed by atoms with Crippen molar-refractivity contribution >= 4 is 11.6 Å². The van der Waals surface area contributed by atoms with Gasteiger partial charge in [0.05, 0.1) is 12.6 Å². The molecule has 0 bridgehead atoms. The number of likely N-dealkylation sites (tertiary alicyclic amines) is 1. The lowest BCUT2D eigenvalue weighted by atomic mass is 10.00. The summed E-state index contributed by atoms with van der Waals surface area (Å²) < 4.78 is 5.77. The van der Waals surface area contributed by atoms with E-state index in [9.17, 15) is 0 Å². The number of hydrogen-bond donors (Lipinski definition) is 1. The Bertz CT molecular complexity index is 608. The second-order valence-electron chi connectivity index (χ2n) is 7.30. The summed E-state index contributed by atoms with van der Waals surface area (Å²) in [5.41, 5.74) is 4.15. The van der Waals surface area contributed by atoms with Crippen molar-refractivity contribution in [2.24, 2.45) is 4.99 Å². The molecule has 3 rings (SSSR count). The largest absolute Gasteiger partial charge is 0.378 e. The standard InChI is InChI=1S/C21H34N4O/c1-4-22-21(25-13-10-19(11-14-25)26-5-2)23-16-17-8-9-20-18(15-17)7-6-12-24(20)3/h8-9,15,19H,4-7,10-14,16H2,1-3H3,(H,22,23). The minimum atomic E-state index is 0.414. The third-order valence-corrected chi connectivity index (χ3v) is 5.38. The van der Waals surface area contributed by atoms with Crippen molar-refractivity contribution in [1.82, 2.24) is 10.2 Å². The highest BCUT2D eigenvalue weighted by Gasteiger charge is 2.21. The van der Waals surface area contributed by atoms with Gasteiger partial charge in [-0.2, -0.15) is 0 Å². The smallest absolute Gasteiger partial charge is 0.194 e. The van der Waals surface area contributed by atoms with E-state index >= 15 is 0 Å². The predicted molar refractivity (Wildman–Crippen MR) is 109 cm³/mol. The zero-order valence-corrected chi connectivity index (χ0v) is 16.6. The number of piperidine rings is 1. The molecule has 0 radical (unpaired) electrons. The molecule has 144 valence electrons. The second kappa shape index (κ2) is 9.26. The number of anilines is 1. The summed E-state index contributed by atoms with van der Waals surface area (Å²) in [6, 6.07) is 6.84. The number of nitrogens with one attached hydrogen (secondary N) is 1. The average molecular weight is 359 g/mol. The third-order valence-electron chi connectivity index (χ3n) is 5.38. The second-order valence-corrected chi connectivity index (χ2v) is 7.30. The Morgan fingerprint density at radius 3 is 2.77 bits per heavy atom. The van der Waals surface area contributed by atoms with Crippen LogP contribution < -0.4 is 10.2 Å². The van der Waals surface area contributed by atoms with Gasteiger partial charge in [0.1, 0.15) is 0 Å². The van der Waals surface area contributed by atoms with Gasteiger partial charge in [-0.3, -0.25) is 0 Å². The topological polar surface area (TPSA) is 40.1 Å². The van der Waals surface area contributed by atoms with E-state index in [1.165, 1.54) is 29.7 Å². The molecule has 2 aliphatic rings. The average Bonchev–Trinajstić information content (AvgIpc) is 2.66. The fourth-order valence-electron chi connectivity index (χ4n) is 4.00. The molecule has 0 atom stereocenters. The van der Waals surface area contributed by atoms with E-state index in [4.69, 9.17) is 9.73 Å². The van der Waals surface area contributed by atoms with Gasteiger partial charge in [0.2, 0.25) is 0 Å². The Balaban J connectivity index is 1.64. The van der Waals surface area contributed by atoms with E-state index in [1.807, 2.05) is 0 Å². The van der Waals surface area contributed by atoms with Gasteiger partial charge in [0, 0.05) is 45.5 Å². The van der Waals surface area contributed by atoms with Crippen LogP contribution in [0, 0.1) is 0 Å². The van der Waals surface area contributed by atoms with E-state index in [2.05, 4.69) is 54.2 Å². The molecule has 26 heavy (non-hydrogen) atoms. The normalized spacial score (nSPS) is 18.8. The Morgan fingerprint density at radius 1 is 1.23 bits per heavy atom. The highest BCUT2D eigenvalue weighted by atomic mass is 16.5. The SMILES string of the molecule is CCNC(=NCc1ccc2c(c1)CCCN2C)N1CCC(OCC)CC1. The van der Waals surface area contributed by atoms with Crippen LogP contribution in [-0.4, -0.2) is 56.8 Å². The molecule has 0 spiro atoms. The van der Waals surface area contributed by atoms with E-state index < -0.39 is 0 Å². The van der Waals surface area contributed by atoms with Crippen LogP contribution in [0.2, 0.25) is 0 Å². The molecule has 0 saturated carbocycles. The molecule has 0 unspecified atom stereocenters. The fraction of sp³-hybridized carbons (Fsp3) is 0.667. The van der Waals surface area contributed by atoms with E-state index in [0.717, 1.165) is 58.1 Å². The van der Waals surface area contributed by atoms with Crippen molar-refractivity contribution in [2.45, 2.75) is 52.2 Å². The van der Waals surface area contributed by atoms with Gasteiger partial charge in [0.25, 0.3) is 0 Å². The van der Waals surface area contributed by atoms with Crippen LogP contribution in [-0.2, 0) is 17.7 Å². The summed E-state index contributed by atoms with van der Waals surface area (Å²) in [5.74, 6) is 1.04. The Labute approximate surface area is 158 Å². The number of hydrogen-bond acceptors (Lipinski definition) is 3. The van der Waals surface area contributed by atoms with Gasteiger partial charge in [-0.15, -0.1) is 0 Å². The molecule has 1 aromatic rings. The number of rotatable bonds is 5. The zero-order chi connectivity index (χ0) is 18.4. The Hall–Kier alpha value is -1.75. The zero-order valence-electron chi connectivity index (χ0n) is 16.6. The number of fused-ring (bicyclic) bond motifs is 1. The van der Waals surface area contributed by atoms with Crippen LogP contribution in [0.25, 0.3) is 0 Å². The lowest BCUT2D eigenvalue weighted by Gasteiger charge is -2.34. The first kappa shape index (κ1) is 19.0. The van der Waals surface area contributed by atoms with Gasteiger partial charge in [0.15, 0.2) is 5.96 Å². The minimum Gasteiger partial charge on any atom is -0.378 e. The first-order valence-electron chi connectivity index (χ1n) is 10.2. The van der Waals surface area contributed by atoms with Crippen molar-refractivity contribution in [3.8, 4) is 0 Å². The molecule has 2 heterocycles. The van der Waals surface area contributed by atoms with E-state index in [0.29, 0.717) is 6.10 Å². The molecule has 0 aliphatic carbocycles. The first-order valence-corrected chi connectivity index (χ1v) is 10.2. The van der Waals surface area contributed by atoms with Crippen LogP contribution in [0.4, 0.5) is 5.69 Å². The van der Waals surface area contributed by atoms with Gasteiger partial charge in [-0.1, -0.05) is 12.1 Å². The van der Waals surface area contributed by atoms with Crippen molar-refractivity contribution in [3.63, 3.8) is 0 Å². The molecule has 1 aromatic carbocycles. The molecular weight excluding hydrogens is 324 g/mol. The van der Waals surface area contributed by atoms with Gasteiger partial charge >= 0.3 is 0 Å². The first-order chi connectivity index (χ1) is 12.7. The number of guanidine groups is 1. The molecule has 5 nitrogen and oxygen atoms in total. The molecule has 2 aliphatic heterocycles. The van der Waals surface area contributed by atoms with E-state index in [-0.39, 0.29) is 0 Å². The molecule has 1 N–H and O–H groups in total. The Morgan fingerprint density at radius 2 is 2.04 bits per heavy atom.